The topological polar surface area (TPSA) is 41.7 Å². The molecule has 2 rings (SSSR count). The van der Waals surface area contributed by atoms with Crippen LogP contribution < -0.4 is 10.5 Å². The number of hydrogen-bond acceptors (Lipinski definition) is 4. The van der Waals surface area contributed by atoms with Crippen LogP contribution in [-0.4, -0.2) is 56.7 Å². The van der Waals surface area contributed by atoms with Crippen LogP contribution >= 0.6 is 0 Å². The van der Waals surface area contributed by atoms with Gasteiger partial charge in [0.2, 0.25) is 0 Å². The number of methoxy groups -OCH3 is 1. The summed E-state index contributed by atoms with van der Waals surface area (Å²) in [7, 11) is 3.92. The summed E-state index contributed by atoms with van der Waals surface area (Å²) in [6, 6.07) is 8.67. The van der Waals surface area contributed by atoms with Crippen LogP contribution in [0.25, 0.3) is 0 Å². The van der Waals surface area contributed by atoms with Gasteiger partial charge in [-0.15, -0.1) is 0 Å². The second-order valence-electron chi connectivity index (χ2n) is 5.17. The van der Waals surface area contributed by atoms with E-state index in [-0.39, 0.29) is 0 Å². The third-order valence-electron chi connectivity index (χ3n) is 3.92. The second-order valence-corrected chi connectivity index (χ2v) is 5.17. The maximum absolute atomic E-state index is 5.81. The molecule has 2 N–H and O–H groups in total. The molecule has 0 aromatic heterocycles. The van der Waals surface area contributed by atoms with Crippen molar-refractivity contribution < 1.29 is 4.74 Å². The van der Waals surface area contributed by atoms with E-state index in [1.165, 1.54) is 5.56 Å². The molecule has 1 aliphatic rings. The van der Waals surface area contributed by atoms with E-state index in [1.807, 2.05) is 12.1 Å². The maximum atomic E-state index is 5.81. The van der Waals surface area contributed by atoms with Crippen LogP contribution in [0.15, 0.2) is 24.3 Å². The second kappa shape index (κ2) is 6.89. The summed E-state index contributed by atoms with van der Waals surface area (Å²) in [5, 5.41) is 0. The summed E-state index contributed by atoms with van der Waals surface area (Å²) < 4.78 is 5.51. The zero-order chi connectivity index (χ0) is 13.7. The minimum absolute atomic E-state index is 0.370. The molecule has 4 heteroatoms. The van der Waals surface area contributed by atoms with Crippen molar-refractivity contribution in [2.75, 3.05) is 46.9 Å². The van der Waals surface area contributed by atoms with E-state index >= 15 is 0 Å². The zero-order valence-corrected chi connectivity index (χ0v) is 12.0. The van der Waals surface area contributed by atoms with Crippen LogP contribution in [0, 0.1) is 0 Å². The van der Waals surface area contributed by atoms with Gasteiger partial charge in [-0.1, -0.05) is 18.2 Å². The van der Waals surface area contributed by atoms with Gasteiger partial charge in [0, 0.05) is 37.8 Å². The molecule has 1 fully saturated rings. The van der Waals surface area contributed by atoms with Gasteiger partial charge in [0.05, 0.1) is 7.11 Å². The minimum Gasteiger partial charge on any atom is -0.496 e. The molecule has 0 aliphatic carbocycles. The first-order valence-corrected chi connectivity index (χ1v) is 7.02. The molecule has 0 bridgehead atoms. The number of benzene rings is 1. The molecular formula is C15H25N3O. The molecule has 19 heavy (non-hydrogen) atoms. The van der Waals surface area contributed by atoms with Crippen LogP contribution in [-0.2, 0) is 0 Å². The van der Waals surface area contributed by atoms with Gasteiger partial charge in [0.1, 0.15) is 5.75 Å². The molecule has 106 valence electrons. The van der Waals surface area contributed by atoms with Crippen molar-refractivity contribution in [2.24, 2.45) is 5.73 Å². The van der Waals surface area contributed by atoms with Crippen LogP contribution in [0.5, 0.6) is 5.75 Å². The Morgan fingerprint density at radius 1 is 1.21 bits per heavy atom. The number of piperazine rings is 1. The molecule has 0 spiro atoms. The minimum atomic E-state index is 0.370. The largest absolute Gasteiger partial charge is 0.496 e. The molecule has 1 aromatic rings. The van der Waals surface area contributed by atoms with Crippen molar-refractivity contribution in [2.45, 2.75) is 12.5 Å². The Morgan fingerprint density at radius 2 is 1.89 bits per heavy atom. The van der Waals surface area contributed by atoms with Crippen LogP contribution in [0.4, 0.5) is 0 Å². The van der Waals surface area contributed by atoms with Crippen LogP contribution in [0.1, 0.15) is 18.0 Å². The van der Waals surface area contributed by atoms with Gasteiger partial charge in [0.15, 0.2) is 0 Å². The van der Waals surface area contributed by atoms with Crippen LogP contribution in [0.3, 0.4) is 0 Å². The molecule has 0 saturated carbocycles. The van der Waals surface area contributed by atoms with E-state index in [0.29, 0.717) is 12.6 Å². The highest BCUT2D eigenvalue weighted by Gasteiger charge is 2.25. The predicted octanol–water partition coefficient (Wildman–Crippen LogP) is 1.33. The average molecular weight is 263 g/mol. The summed E-state index contributed by atoms with van der Waals surface area (Å²) in [5.41, 5.74) is 7.08. The van der Waals surface area contributed by atoms with Gasteiger partial charge in [-0.05, 0) is 26.1 Å². The third-order valence-corrected chi connectivity index (χ3v) is 3.92. The molecule has 0 amide bonds. The lowest BCUT2D eigenvalue weighted by molar-refractivity contribution is 0.106. The predicted molar refractivity (Wildman–Crippen MR) is 78.5 cm³/mol. The fourth-order valence-electron chi connectivity index (χ4n) is 2.77. The van der Waals surface area contributed by atoms with Crippen molar-refractivity contribution in [3.63, 3.8) is 0 Å². The number of hydrogen-bond donors (Lipinski definition) is 1. The van der Waals surface area contributed by atoms with Gasteiger partial charge in [0.25, 0.3) is 0 Å². The Kier molecular flexibility index (Phi) is 5.19. The van der Waals surface area contributed by atoms with Gasteiger partial charge in [-0.25, -0.2) is 0 Å². The van der Waals surface area contributed by atoms with E-state index in [4.69, 9.17) is 10.5 Å². The van der Waals surface area contributed by atoms with Gasteiger partial charge >= 0.3 is 0 Å². The van der Waals surface area contributed by atoms with Gasteiger partial charge in [-0.2, -0.15) is 0 Å². The van der Waals surface area contributed by atoms with Crippen molar-refractivity contribution >= 4 is 0 Å². The molecule has 1 unspecified atom stereocenters. The SMILES string of the molecule is COc1ccccc1C(CCN)N1CCN(C)CC1. The highest BCUT2D eigenvalue weighted by Crippen LogP contribution is 2.31. The van der Waals surface area contributed by atoms with Crippen molar-refractivity contribution in [1.29, 1.82) is 0 Å². The molecule has 0 radical (unpaired) electrons. The molecule has 4 nitrogen and oxygen atoms in total. The summed E-state index contributed by atoms with van der Waals surface area (Å²) in [5.74, 6) is 0.972. The quantitative estimate of drug-likeness (QED) is 0.870. The molecule has 1 atom stereocenters. The third kappa shape index (κ3) is 3.47. The Balaban J connectivity index is 2.19. The Morgan fingerprint density at radius 3 is 2.53 bits per heavy atom. The Bertz CT molecular complexity index is 389. The number of para-hydroxylation sites is 1. The first-order chi connectivity index (χ1) is 9.26. The lowest BCUT2D eigenvalue weighted by atomic mass is 10.00. The fourth-order valence-corrected chi connectivity index (χ4v) is 2.77. The van der Waals surface area contributed by atoms with E-state index in [9.17, 15) is 0 Å². The van der Waals surface area contributed by atoms with Crippen molar-refractivity contribution in [3.8, 4) is 5.75 Å². The smallest absolute Gasteiger partial charge is 0.123 e. The van der Waals surface area contributed by atoms with E-state index in [2.05, 4.69) is 29.0 Å². The lowest BCUT2D eigenvalue weighted by Gasteiger charge is -2.38. The standard InChI is InChI=1S/C15H25N3O/c1-17-9-11-18(12-10-17)14(7-8-16)13-5-3-4-6-15(13)19-2/h3-6,14H,7-12,16H2,1-2H3. The average Bonchev–Trinajstić information content (AvgIpc) is 2.46. The fraction of sp³-hybridized carbons (Fsp3) is 0.600. The molecule has 1 heterocycles. The number of likely N-dealkylation sites (N-methyl/N-ethyl adjacent to an activating group) is 1. The summed E-state index contributed by atoms with van der Waals surface area (Å²) >= 11 is 0. The van der Waals surface area contributed by atoms with Crippen LogP contribution in [0.2, 0.25) is 0 Å². The Hall–Kier alpha value is -1.10. The molecular weight excluding hydrogens is 238 g/mol. The number of nitrogens with zero attached hydrogens (tertiary/aromatic N) is 2. The summed E-state index contributed by atoms with van der Waals surface area (Å²) in [4.78, 5) is 4.91. The molecule has 1 aromatic carbocycles. The molecule has 1 saturated heterocycles. The molecule has 1 aliphatic heterocycles. The van der Waals surface area contributed by atoms with E-state index < -0.39 is 0 Å². The van der Waals surface area contributed by atoms with Crippen molar-refractivity contribution in [1.82, 2.24) is 9.80 Å². The van der Waals surface area contributed by atoms with Crippen molar-refractivity contribution in [3.05, 3.63) is 29.8 Å². The van der Waals surface area contributed by atoms with E-state index in [0.717, 1.165) is 38.3 Å². The number of nitrogens with two attached hydrogens (primary N) is 1. The van der Waals surface area contributed by atoms with Gasteiger partial charge in [-0.3, -0.25) is 4.90 Å². The normalized spacial score (nSPS) is 19.3. The summed E-state index contributed by atoms with van der Waals surface area (Å²) in [6.45, 7) is 5.14. The first kappa shape index (κ1) is 14.3. The lowest BCUT2D eigenvalue weighted by Crippen LogP contribution is -2.46. The monoisotopic (exact) mass is 263 g/mol. The van der Waals surface area contributed by atoms with Gasteiger partial charge < -0.3 is 15.4 Å². The highest BCUT2D eigenvalue weighted by atomic mass is 16.5. The number of ether oxygens (including phenoxy) is 1. The summed E-state index contributed by atoms with van der Waals surface area (Å²) in [6.07, 6.45) is 0.976. The Labute approximate surface area is 116 Å². The maximum Gasteiger partial charge on any atom is 0.123 e. The number of rotatable bonds is 5. The first-order valence-electron chi connectivity index (χ1n) is 7.02. The zero-order valence-electron chi connectivity index (χ0n) is 12.0. The highest BCUT2D eigenvalue weighted by molar-refractivity contribution is 5.36. The van der Waals surface area contributed by atoms with E-state index in [1.54, 1.807) is 7.11 Å².